The number of amides is 1. The molecule has 0 saturated heterocycles. The van der Waals surface area contributed by atoms with Gasteiger partial charge in [-0.3, -0.25) is 14.8 Å². The number of hydrogen-bond acceptors (Lipinski definition) is 4. The molecule has 7 nitrogen and oxygen atoms in total. The normalized spacial score (nSPS) is 10.9. The lowest BCUT2D eigenvalue weighted by atomic mass is 10.2. The van der Waals surface area contributed by atoms with Crippen molar-refractivity contribution >= 4 is 51.0 Å². The highest BCUT2D eigenvalue weighted by Crippen LogP contribution is 2.23. The van der Waals surface area contributed by atoms with Crippen molar-refractivity contribution < 1.29 is 4.79 Å². The maximum Gasteiger partial charge on any atom is 0.248 e. The molecule has 1 aromatic carbocycles. The molecule has 26 heavy (non-hydrogen) atoms. The van der Waals surface area contributed by atoms with Gasteiger partial charge in [0.05, 0.1) is 26.8 Å². The van der Waals surface area contributed by atoms with Crippen LogP contribution >= 0.6 is 39.1 Å². The van der Waals surface area contributed by atoms with Crippen molar-refractivity contribution in [3.8, 4) is 0 Å². The highest BCUT2D eigenvalue weighted by atomic mass is 79.9. The Labute approximate surface area is 168 Å². The molecular weight excluding hydrogens is 443 g/mol. The monoisotopic (exact) mass is 456 g/mol. The van der Waals surface area contributed by atoms with Crippen molar-refractivity contribution in [3.05, 3.63) is 56.5 Å². The van der Waals surface area contributed by atoms with Crippen LogP contribution in [-0.4, -0.2) is 30.5 Å². The predicted molar refractivity (Wildman–Crippen MR) is 103 cm³/mol. The van der Waals surface area contributed by atoms with Crippen LogP contribution in [0, 0.1) is 6.92 Å². The number of carbonyl (C=O) groups excluding carboxylic acids is 1. The summed E-state index contributed by atoms with van der Waals surface area (Å²) in [5.41, 5.74) is 1.81. The van der Waals surface area contributed by atoms with Gasteiger partial charge in [0.1, 0.15) is 6.33 Å². The summed E-state index contributed by atoms with van der Waals surface area (Å²) in [6.07, 6.45) is 3.66. The van der Waals surface area contributed by atoms with Crippen molar-refractivity contribution in [1.82, 2.24) is 24.5 Å². The van der Waals surface area contributed by atoms with Crippen molar-refractivity contribution in [2.75, 3.05) is 5.32 Å². The molecule has 3 rings (SSSR count). The molecule has 0 atom stereocenters. The first-order valence-corrected chi connectivity index (χ1v) is 9.28. The molecule has 0 fully saturated rings. The molecule has 0 bridgehead atoms. The fourth-order valence-electron chi connectivity index (χ4n) is 2.26. The molecular formula is C16H15BrCl2N6O. The first-order chi connectivity index (χ1) is 12.4. The van der Waals surface area contributed by atoms with Gasteiger partial charge in [0, 0.05) is 19.2 Å². The van der Waals surface area contributed by atoms with Crippen molar-refractivity contribution in [2.24, 2.45) is 0 Å². The molecule has 0 saturated carbocycles. The Morgan fingerprint density at radius 1 is 1.23 bits per heavy atom. The van der Waals surface area contributed by atoms with Crippen LogP contribution in [0.25, 0.3) is 0 Å². The second kappa shape index (κ2) is 8.20. The summed E-state index contributed by atoms with van der Waals surface area (Å²) < 4.78 is 4.25. The first-order valence-electron chi connectivity index (χ1n) is 7.73. The number of benzene rings is 1. The second-order valence-corrected chi connectivity index (χ2v) is 7.31. The summed E-state index contributed by atoms with van der Waals surface area (Å²) in [5.74, 6) is 0.0782. The lowest BCUT2D eigenvalue weighted by molar-refractivity contribution is -0.116. The molecule has 1 amide bonds. The van der Waals surface area contributed by atoms with Gasteiger partial charge in [-0.05, 0) is 40.5 Å². The molecule has 10 heteroatoms. The maximum atomic E-state index is 12.0. The van der Waals surface area contributed by atoms with Gasteiger partial charge in [0.15, 0.2) is 0 Å². The largest absolute Gasteiger partial charge is 0.293 e. The van der Waals surface area contributed by atoms with Crippen LogP contribution in [0.15, 0.2) is 35.2 Å². The standard InChI is InChI=1S/C16H15BrCl2N6O/c1-10-12(17)8-24(22-10)5-4-15(26)21-16-20-9-25(23-16)7-11-2-3-13(18)14(19)6-11/h2-3,6,8-9H,4-5,7H2,1H3,(H,21,23,26). The molecule has 2 aromatic heterocycles. The zero-order valence-corrected chi connectivity index (χ0v) is 16.9. The van der Waals surface area contributed by atoms with Crippen LogP contribution in [0.3, 0.4) is 0 Å². The third-order valence-electron chi connectivity index (χ3n) is 3.57. The number of hydrogen-bond donors (Lipinski definition) is 1. The Kier molecular flexibility index (Phi) is 5.95. The smallest absolute Gasteiger partial charge is 0.248 e. The van der Waals surface area contributed by atoms with Gasteiger partial charge < -0.3 is 0 Å². The summed E-state index contributed by atoms with van der Waals surface area (Å²) in [7, 11) is 0. The SMILES string of the molecule is Cc1nn(CCC(=O)Nc2ncn(Cc3ccc(Cl)c(Cl)c3)n2)cc1Br. The topological polar surface area (TPSA) is 77.6 Å². The van der Waals surface area contributed by atoms with E-state index in [-0.39, 0.29) is 18.3 Å². The summed E-state index contributed by atoms with van der Waals surface area (Å²) in [4.78, 5) is 16.1. The maximum absolute atomic E-state index is 12.0. The zero-order valence-electron chi connectivity index (χ0n) is 13.8. The van der Waals surface area contributed by atoms with Crippen molar-refractivity contribution in [2.45, 2.75) is 26.4 Å². The van der Waals surface area contributed by atoms with Crippen LogP contribution in [0.1, 0.15) is 17.7 Å². The van der Waals surface area contributed by atoms with Gasteiger partial charge in [-0.2, -0.15) is 5.10 Å². The quantitative estimate of drug-likeness (QED) is 0.608. The van der Waals surface area contributed by atoms with E-state index < -0.39 is 0 Å². The molecule has 1 N–H and O–H groups in total. The fraction of sp³-hybridized carbons (Fsp3) is 0.250. The lowest BCUT2D eigenvalue weighted by Crippen LogP contribution is -2.16. The lowest BCUT2D eigenvalue weighted by Gasteiger charge is -2.03. The Hall–Kier alpha value is -1.90. The minimum Gasteiger partial charge on any atom is -0.293 e. The van der Waals surface area contributed by atoms with E-state index in [0.717, 1.165) is 15.7 Å². The van der Waals surface area contributed by atoms with Gasteiger partial charge >= 0.3 is 0 Å². The molecule has 0 radical (unpaired) electrons. The number of rotatable bonds is 6. The summed E-state index contributed by atoms with van der Waals surface area (Å²) in [6.45, 7) is 2.84. The van der Waals surface area contributed by atoms with Gasteiger partial charge in [0.2, 0.25) is 11.9 Å². The van der Waals surface area contributed by atoms with Gasteiger partial charge in [-0.25, -0.2) is 9.67 Å². The van der Waals surface area contributed by atoms with E-state index in [4.69, 9.17) is 23.2 Å². The van der Waals surface area contributed by atoms with Crippen LogP contribution in [-0.2, 0) is 17.9 Å². The van der Waals surface area contributed by atoms with Crippen LogP contribution < -0.4 is 5.32 Å². The Morgan fingerprint density at radius 2 is 2.04 bits per heavy atom. The minimum atomic E-state index is -0.179. The summed E-state index contributed by atoms with van der Waals surface area (Å²) >= 11 is 15.3. The zero-order chi connectivity index (χ0) is 18.7. The molecule has 2 heterocycles. The number of nitrogens with one attached hydrogen (secondary N) is 1. The summed E-state index contributed by atoms with van der Waals surface area (Å²) in [5, 5.41) is 12.2. The number of nitrogens with zero attached hydrogens (tertiary/aromatic N) is 5. The number of anilines is 1. The third kappa shape index (κ3) is 4.84. The second-order valence-electron chi connectivity index (χ2n) is 5.64. The fourth-order valence-corrected chi connectivity index (χ4v) is 2.90. The molecule has 0 unspecified atom stereocenters. The number of carbonyl (C=O) groups is 1. The van der Waals surface area contributed by atoms with Crippen LogP contribution in [0.5, 0.6) is 0 Å². The molecule has 0 aliphatic heterocycles. The Morgan fingerprint density at radius 3 is 2.73 bits per heavy atom. The van der Waals surface area contributed by atoms with E-state index in [1.807, 2.05) is 19.2 Å². The Balaban J connectivity index is 1.54. The minimum absolute atomic E-state index is 0.179. The average Bonchev–Trinajstić information content (AvgIpc) is 3.15. The number of aryl methyl sites for hydroxylation is 2. The number of halogens is 3. The third-order valence-corrected chi connectivity index (χ3v) is 5.09. The van der Waals surface area contributed by atoms with Crippen molar-refractivity contribution in [1.29, 1.82) is 0 Å². The van der Waals surface area contributed by atoms with E-state index in [1.54, 1.807) is 27.8 Å². The molecule has 0 spiro atoms. The molecule has 136 valence electrons. The average molecular weight is 458 g/mol. The molecule has 3 aromatic rings. The van der Waals surface area contributed by atoms with Crippen molar-refractivity contribution in [3.63, 3.8) is 0 Å². The number of aromatic nitrogens is 5. The molecule has 0 aliphatic carbocycles. The van der Waals surface area contributed by atoms with Gasteiger partial charge in [0.25, 0.3) is 0 Å². The predicted octanol–water partition coefficient (Wildman–Crippen LogP) is 3.93. The Bertz CT molecular complexity index is 919. The highest BCUT2D eigenvalue weighted by molar-refractivity contribution is 9.10. The van der Waals surface area contributed by atoms with Gasteiger partial charge in [-0.1, -0.05) is 29.3 Å². The summed E-state index contributed by atoms with van der Waals surface area (Å²) in [6, 6.07) is 5.36. The van der Waals surface area contributed by atoms with E-state index in [0.29, 0.717) is 23.1 Å². The van der Waals surface area contributed by atoms with E-state index in [2.05, 4.69) is 36.4 Å². The van der Waals surface area contributed by atoms with E-state index in [9.17, 15) is 4.79 Å². The first kappa shape index (κ1) is 18.9. The highest BCUT2D eigenvalue weighted by Gasteiger charge is 2.09. The van der Waals surface area contributed by atoms with Crippen LogP contribution in [0.4, 0.5) is 5.95 Å². The molecule has 0 aliphatic rings. The van der Waals surface area contributed by atoms with Crippen LogP contribution in [0.2, 0.25) is 10.0 Å². The van der Waals surface area contributed by atoms with Gasteiger partial charge in [-0.15, -0.1) is 5.10 Å². The van der Waals surface area contributed by atoms with E-state index >= 15 is 0 Å². The van der Waals surface area contributed by atoms with E-state index in [1.165, 1.54) is 0 Å².